The van der Waals surface area contributed by atoms with Gasteiger partial charge in [0.05, 0.1) is 0 Å². The predicted molar refractivity (Wildman–Crippen MR) is 64.9 cm³/mol. The van der Waals surface area contributed by atoms with Crippen molar-refractivity contribution in [2.75, 3.05) is 0 Å². The first-order chi connectivity index (χ1) is 9.27. The summed E-state index contributed by atoms with van der Waals surface area (Å²) in [6, 6.07) is 0.394. The van der Waals surface area contributed by atoms with Gasteiger partial charge in [0.2, 0.25) is 0 Å². The number of halogens is 5. The zero-order valence-electron chi connectivity index (χ0n) is 10.5. The lowest BCUT2D eigenvalue weighted by molar-refractivity contribution is 0.175. The Labute approximate surface area is 112 Å². The smallest absolute Gasteiger partial charge is 0.261 e. The lowest BCUT2D eigenvalue weighted by Crippen LogP contribution is -2.46. The van der Waals surface area contributed by atoms with E-state index in [1.165, 1.54) is 25.2 Å². The van der Waals surface area contributed by atoms with Crippen molar-refractivity contribution in [1.82, 2.24) is 0 Å². The second-order valence-corrected chi connectivity index (χ2v) is 4.84. The fourth-order valence-electron chi connectivity index (χ4n) is 2.26. The maximum atomic E-state index is 13.3. The highest BCUT2D eigenvalue weighted by molar-refractivity contribution is 5.43. The zero-order valence-corrected chi connectivity index (χ0v) is 10.5. The van der Waals surface area contributed by atoms with Crippen LogP contribution in [-0.4, -0.2) is 12.5 Å². The van der Waals surface area contributed by atoms with Crippen LogP contribution in [0.2, 0.25) is 0 Å². The second kappa shape index (κ2) is 5.01. The van der Waals surface area contributed by atoms with Crippen molar-refractivity contribution in [3.8, 4) is 0 Å². The Kier molecular flexibility index (Phi) is 3.69. The predicted octanol–water partition coefficient (Wildman–Crippen LogP) is 3.45. The first-order valence-electron chi connectivity index (χ1n) is 5.85. The molecule has 0 saturated carbocycles. The Morgan fingerprint density at radius 3 is 2.20 bits per heavy atom. The fraction of sp³-hybridized carbons (Fsp3) is 0.286. The van der Waals surface area contributed by atoms with Crippen molar-refractivity contribution in [3.63, 3.8) is 0 Å². The number of benzene rings is 1. The van der Waals surface area contributed by atoms with Crippen LogP contribution in [0, 0.1) is 17.5 Å². The summed E-state index contributed by atoms with van der Waals surface area (Å²) in [5.41, 5.74) is 4.22. The molecule has 20 heavy (non-hydrogen) atoms. The minimum absolute atomic E-state index is 0.00361. The van der Waals surface area contributed by atoms with Crippen LogP contribution in [0.4, 0.5) is 22.0 Å². The highest BCUT2D eigenvalue weighted by atomic mass is 19.3. The molecular formula is C14H12F5N. The number of allylic oxidation sites excluding steroid dienone is 2. The number of alkyl halides is 2. The van der Waals surface area contributed by atoms with Crippen LogP contribution < -0.4 is 5.73 Å². The van der Waals surface area contributed by atoms with Crippen molar-refractivity contribution in [2.45, 2.75) is 24.8 Å². The topological polar surface area (TPSA) is 26.0 Å². The third-order valence-electron chi connectivity index (χ3n) is 3.59. The van der Waals surface area contributed by atoms with Gasteiger partial charge in [0.15, 0.2) is 17.5 Å². The van der Waals surface area contributed by atoms with E-state index >= 15 is 0 Å². The van der Waals surface area contributed by atoms with Gasteiger partial charge in [-0.25, -0.2) is 22.0 Å². The highest BCUT2D eigenvalue weighted by Crippen LogP contribution is 2.37. The van der Waals surface area contributed by atoms with Crippen LogP contribution in [0.15, 0.2) is 35.9 Å². The Hall–Kier alpha value is -1.69. The lowest BCUT2D eigenvalue weighted by atomic mass is 9.71. The van der Waals surface area contributed by atoms with Crippen LogP contribution in [0.25, 0.3) is 0 Å². The molecule has 0 aliphatic heterocycles. The van der Waals surface area contributed by atoms with Gasteiger partial charge >= 0.3 is 0 Å². The zero-order chi connectivity index (χ0) is 15.1. The Bertz CT molecular complexity index is 570. The monoisotopic (exact) mass is 289 g/mol. The third-order valence-corrected chi connectivity index (χ3v) is 3.59. The first kappa shape index (κ1) is 14.7. The van der Waals surface area contributed by atoms with Crippen LogP contribution in [0.5, 0.6) is 0 Å². The van der Waals surface area contributed by atoms with Crippen LogP contribution in [-0.2, 0) is 5.41 Å². The van der Waals surface area contributed by atoms with Gasteiger partial charge in [-0.05, 0) is 17.7 Å². The summed E-state index contributed by atoms with van der Waals surface area (Å²) in [5, 5.41) is 0. The molecule has 0 fully saturated rings. The summed E-state index contributed by atoms with van der Waals surface area (Å²) < 4.78 is 65.3. The van der Waals surface area contributed by atoms with Crippen molar-refractivity contribution >= 4 is 0 Å². The van der Waals surface area contributed by atoms with Gasteiger partial charge in [-0.3, -0.25) is 0 Å². The summed E-state index contributed by atoms with van der Waals surface area (Å²) in [5.74, 6) is -4.36. The number of nitrogens with two attached hydrogens (primary N) is 1. The number of rotatable bonds is 2. The molecule has 0 radical (unpaired) electrons. The van der Waals surface area contributed by atoms with Crippen molar-refractivity contribution in [1.29, 1.82) is 0 Å². The van der Waals surface area contributed by atoms with Gasteiger partial charge in [0.1, 0.15) is 0 Å². The van der Waals surface area contributed by atoms with E-state index in [1.807, 2.05) is 0 Å². The highest BCUT2D eigenvalue weighted by Gasteiger charge is 2.38. The van der Waals surface area contributed by atoms with E-state index < -0.39 is 35.3 Å². The van der Waals surface area contributed by atoms with Crippen LogP contribution in [0.1, 0.15) is 12.5 Å². The minimum atomic E-state index is -2.77. The molecule has 2 rings (SSSR count). The molecular weight excluding hydrogens is 277 g/mol. The molecule has 1 aliphatic carbocycles. The Morgan fingerprint density at radius 1 is 1.15 bits per heavy atom. The Morgan fingerprint density at radius 2 is 1.70 bits per heavy atom. The molecule has 0 saturated heterocycles. The molecule has 1 aliphatic rings. The molecule has 1 aromatic carbocycles. The average Bonchev–Trinajstić information content (AvgIpc) is 2.38. The van der Waals surface area contributed by atoms with E-state index in [-0.39, 0.29) is 11.1 Å². The van der Waals surface area contributed by atoms with Gasteiger partial charge in [-0.1, -0.05) is 25.2 Å². The van der Waals surface area contributed by atoms with Crippen molar-refractivity contribution in [2.24, 2.45) is 5.73 Å². The molecule has 2 unspecified atom stereocenters. The maximum Gasteiger partial charge on any atom is 0.261 e. The summed E-state index contributed by atoms with van der Waals surface area (Å²) in [6.07, 6.45) is 1.22. The molecule has 0 spiro atoms. The number of hydrogen-bond acceptors (Lipinski definition) is 1. The summed E-state index contributed by atoms with van der Waals surface area (Å²) in [6.45, 7) is 1.47. The van der Waals surface area contributed by atoms with E-state index in [0.29, 0.717) is 0 Å². The van der Waals surface area contributed by atoms with E-state index in [9.17, 15) is 22.0 Å². The van der Waals surface area contributed by atoms with Crippen LogP contribution in [0.3, 0.4) is 0 Å². The normalized spacial score (nSPS) is 26.0. The minimum Gasteiger partial charge on any atom is -0.323 e. The van der Waals surface area contributed by atoms with E-state index in [0.717, 1.165) is 12.1 Å². The molecule has 0 heterocycles. The third kappa shape index (κ3) is 2.24. The largest absolute Gasteiger partial charge is 0.323 e. The summed E-state index contributed by atoms with van der Waals surface area (Å²) in [7, 11) is 0. The van der Waals surface area contributed by atoms with Gasteiger partial charge in [-0.15, -0.1) is 0 Å². The standard InChI is InChI=1S/C14H12F5N/c1-14(4-2-3-8(12(14)20)13(18)19)7-5-9(15)11(17)10(16)6-7/h2-6,12-13H,20H2,1H3. The average molecular weight is 289 g/mol. The van der Waals surface area contributed by atoms with Crippen LogP contribution >= 0.6 is 0 Å². The maximum absolute atomic E-state index is 13.3. The molecule has 2 N–H and O–H groups in total. The second-order valence-electron chi connectivity index (χ2n) is 4.84. The first-order valence-corrected chi connectivity index (χ1v) is 5.85. The van der Waals surface area contributed by atoms with Gasteiger partial charge in [-0.2, -0.15) is 0 Å². The lowest BCUT2D eigenvalue weighted by Gasteiger charge is -2.36. The van der Waals surface area contributed by atoms with Gasteiger partial charge in [0, 0.05) is 17.0 Å². The molecule has 1 nitrogen and oxygen atoms in total. The van der Waals surface area contributed by atoms with Gasteiger partial charge in [0.25, 0.3) is 6.43 Å². The Balaban J connectivity index is 2.52. The number of hydrogen-bond donors (Lipinski definition) is 1. The molecule has 1 aromatic rings. The summed E-state index contributed by atoms with van der Waals surface area (Å²) in [4.78, 5) is 0. The quantitative estimate of drug-likeness (QED) is 0.655. The van der Waals surface area contributed by atoms with Gasteiger partial charge < -0.3 is 5.73 Å². The van der Waals surface area contributed by atoms with E-state index in [4.69, 9.17) is 5.73 Å². The van der Waals surface area contributed by atoms with Crippen molar-refractivity contribution in [3.05, 3.63) is 58.9 Å². The summed E-state index contributed by atoms with van der Waals surface area (Å²) >= 11 is 0. The van der Waals surface area contributed by atoms with E-state index in [2.05, 4.69) is 0 Å². The molecule has 108 valence electrons. The molecule has 0 aromatic heterocycles. The SMILES string of the molecule is CC1(c2cc(F)c(F)c(F)c2)C=CC=C(C(F)F)C1N. The van der Waals surface area contributed by atoms with E-state index in [1.54, 1.807) is 0 Å². The molecule has 0 bridgehead atoms. The molecule has 2 atom stereocenters. The molecule has 0 amide bonds. The fourth-order valence-corrected chi connectivity index (χ4v) is 2.26. The molecule has 6 heteroatoms. The van der Waals surface area contributed by atoms with Crippen molar-refractivity contribution < 1.29 is 22.0 Å².